The van der Waals surface area contributed by atoms with Gasteiger partial charge in [-0.25, -0.2) is 0 Å². The SMILES string of the molecule is CC(=O)c1cc(C(N)=O)c(Nc2ccc(I)cc2C)n1C. The summed E-state index contributed by atoms with van der Waals surface area (Å²) in [4.78, 5) is 23.2. The van der Waals surface area contributed by atoms with Crippen LogP contribution in [0, 0.1) is 10.5 Å². The molecule has 2 aromatic rings. The molecule has 0 saturated heterocycles. The van der Waals surface area contributed by atoms with Gasteiger partial charge in [0.2, 0.25) is 0 Å². The highest BCUT2D eigenvalue weighted by Crippen LogP contribution is 2.27. The average molecular weight is 397 g/mol. The van der Waals surface area contributed by atoms with Crippen molar-refractivity contribution >= 4 is 45.8 Å². The van der Waals surface area contributed by atoms with Gasteiger partial charge in [0, 0.05) is 23.2 Å². The predicted molar refractivity (Wildman–Crippen MR) is 91.1 cm³/mol. The van der Waals surface area contributed by atoms with Crippen molar-refractivity contribution in [3.63, 3.8) is 0 Å². The molecule has 2 rings (SSSR count). The van der Waals surface area contributed by atoms with Gasteiger partial charge < -0.3 is 15.6 Å². The fourth-order valence-corrected chi connectivity index (χ4v) is 2.82. The van der Waals surface area contributed by atoms with Crippen molar-refractivity contribution in [1.82, 2.24) is 4.57 Å². The van der Waals surface area contributed by atoms with E-state index in [2.05, 4.69) is 27.9 Å². The van der Waals surface area contributed by atoms with E-state index in [4.69, 9.17) is 5.73 Å². The van der Waals surface area contributed by atoms with Gasteiger partial charge in [-0.15, -0.1) is 0 Å². The van der Waals surface area contributed by atoms with Crippen molar-refractivity contribution in [3.8, 4) is 0 Å². The highest BCUT2D eigenvalue weighted by Gasteiger charge is 2.19. The van der Waals surface area contributed by atoms with Gasteiger partial charge in [-0.3, -0.25) is 9.59 Å². The van der Waals surface area contributed by atoms with Crippen LogP contribution >= 0.6 is 22.6 Å². The number of Topliss-reactive ketones (excluding diaryl/α,β-unsaturated/α-hetero) is 1. The van der Waals surface area contributed by atoms with Crippen LogP contribution in [0.4, 0.5) is 11.5 Å². The number of nitrogens with one attached hydrogen (secondary N) is 1. The summed E-state index contributed by atoms with van der Waals surface area (Å²) in [5.74, 6) is -0.159. The number of hydrogen-bond acceptors (Lipinski definition) is 3. The number of carbonyl (C=O) groups excluding carboxylic acids is 2. The lowest BCUT2D eigenvalue weighted by Crippen LogP contribution is -2.13. The number of hydrogen-bond donors (Lipinski definition) is 2. The van der Waals surface area contributed by atoms with Crippen molar-refractivity contribution in [1.29, 1.82) is 0 Å². The summed E-state index contributed by atoms with van der Waals surface area (Å²) in [5, 5.41) is 3.20. The maximum Gasteiger partial charge on any atom is 0.252 e. The van der Waals surface area contributed by atoms with Crippen LogP contribution in [0.15, 0.2) is 24.3 Å². The van der Waals surface area contributed by atoms with Crippen molar-refractivity contribution in [2.75, 3.05) is 5.32 Å². The molecule has 0 aliphatic carbocycles. The molecule has 1 aromatic heterocycles. The zero-order chi connectivity index (χ0) is 15.7. The largest absolute Gasteiger partial charge is 0.365 e. The Kier molecular flexibility index (Phi) is 4.36. The summed E-state index contributed by atoms with van der Waals surface area (Å²) in [7, 11) is 1.73. The summed E-state index contributed by atoms with van der Waals surface area (Å²) in [6, 6.07) is 7.45. The molecule has 0 aliphatic rings. The van der Waals surface area contributed by atoms with Crippen LogP contribution in [0.5, 0.6) is 0 Å². The molecule has 0 saturated carbocycles. The van der Waals surface area contributed by atoms with E-state index < -0.39 is 5.91 Å². The van der Waals surface area contributed by atoms with Crippen molar-refractivity contribution in [2.45, 2.75) is 13.8 Å². The Labute approximate surface area is 136 Å². The first-order valence-corrected chi connectivity index (χ1v) is 7.42. The van der Waals surface area contributed by atoms with Crippen LogP contribution < -0.4 is 11.1 Å². The molecule has 0 unspecified atom stereocenters. The number of carbonyl (C=O) groups is 2. The predicted octanol–water partition coefficient (Wildman–Crippen LogP) is 2.98. The molecule has 0 radical (unpaired) electrons. The standard InChI is InChI=1S/C15H16IN3O2/c1-8-6-10(16)4-5-12(8)18-15-11(14(17)21)7-13(9(2)20)19(15)3/h4-7,18H,1-3H3,(H2,17,21). The van der Waals surface area contributed by atoms with E-state index in [1.165, 1.54) is 13.0 Å². The normalized spacial score (nSPS) is 10.5. The van der Waals surface area contributed by atoms with Gasteiger partial charge >= 0.3 is 0 Å². The second kappa shape index (κ2) is 5.88. The maximum absolute atomic E-state index is 11.6. The van der Waals surface area contributed by atoms with Gasteiger partial charge in [0.15, 0.2) is 5.78 Å². The lowest BCUT2D eigenvalue weighted by atomic mass is 10.2. The second-order valence-electron chi connectivity index (χ2n) is 4.86. The van der Waals surface area contributed by atoms with E-state index in [1.807, 2.05) is 25.1 Å². The number of ketones is 1. The zero-order valence-corrected chi connectivity index (χ0v) is 14.2. The fraction of sp³-hybridized carbons (Fsp3) is 0.200. The van der Waals surface area contributed by atoms with Crippen LogP contribution in [0.1, 0.15) is 33.3 Å². The third-order valence-corrected chi connectivity index (χ3v) is 3.97. The number of halogens is 1. The van der Waals surface area contributed by atoms with E-state index in [0.717, 1.165) is 14.8 Å². The maximum atomic E-state index is 11.6. The Balaban J connectivity index is 2.52. The molecule has 1 amide bonds. The third kappa shape index (κ3) is 3.10. The summed E-state index contributed by atoms with van der Waals surface area (Å²) in [6.07, 6.45) is 0. The minimum atomic E-state index is -0.566. The molecule has 0 bridgehead atoms. The molecular formula is C15H16IN3O2. The number of nitrogens with two attached hydrogens (primary N) is 1. The molecule has 1 heterocycles. The summed E-state index contributed by atoms with van der Waals surface area (Å²) < 4.78 is 2.78. The molecule has 110 valence electrons. The zero-order valence-electron chi connectivity index (χ0n) is 12.0. The van der Waals surface area contributed by atoms with Crippen molar-refractivity contribution in [2.24, 2.45) is 12.8 Å². The molecule has 6 heteroatoms. The number of amides is 1. The number of nitrogens with zero attached hydrogens (tertiary/aromatic N) is 1. The Hall–Kier alpha value is -1.83. The van der Waals surface area contributed by atoms with E-state index in [1.54, 1.807) is 11.6 Å². The molecule has 1 aromatic carbocycles. The van der Waals surface area contributed by atoms with Gasteiger partial charge in [0.1, 0.15) is 5.82 Å². The summed E-state index contributed by atoms with van der Waals surface area (Å²) in [6.45, 7) is 3.43. The molecule has 5 nitrogen and oxygen atoms in total. The molecule has 3 N–H and O–H groups in total. The molecule has 0 aliphatic heterocycles. The minimum absolute atomic E-state index is 0.118. The van der Waals surface area contributed by atoms with Gasteiger partial charge in [-0.05, 0) is 59.3 Å². The Bertz CT molecular complexity index is 735. The Morgan fingerprint density at radius 3 is 2.48 bits per heavy atom. The molecular weight excluding hydrogens is 381 g/mol. The van der Waals surface area contributed by atoms with Gasteiger partial charge in [-0.2, -0.15) is 0 Å². The third-order valence-electron chi connectivity index (χ3n) is 3.30. The van der Waals surface area contributed by atoms with Crippen LogP contribution in [0.3, 0.4) is 0 Å². The molecule has 0 spiro atoms. The molecule has 21 heavy (non-hydrogen) atoms. The number of anilines is 2. The van der Waals surface area contributed by atoms with Crippen LogP contribution in [0.25, 0.3) is 0 Å². The first-order valence-electron chi connectivity index (χ1n) is 6.35. The first-order chi connectivity index (χ1) is 9.81. The van der Waals surface area contributed by atoms with Crippen molar-refractivity contribution < 1.29 is 9.59 Å². The lowest BCUT2D eigenvalue weighted by molar-refractivity contribution is 0.0998. The summed E-state index contributed by atoms with van der Waals surface area (Å²) >= 11 is 2.24. The number of primary amides is 1. The molecule has 0 atom stereocenters. The number of rotatable bonds is 4. The fourth-order valence-electron chi connectivity index (χ4n) is 2.17. The molecule has 0 fully saturated rings. The van der Waals surface area contributed by atoms with Gasteiger partial charge in [-0.1, -0.05) is 0 Å². The average Bonchev–Trinajstić information content (AvgIpc) is 2.70. The van der Waals surface area contributed by atoms with Crippen LogP contribution in [-0.2, 0) is 7.05 Å². The van der Waals surface area contributed by atoms with E-state index in [-0.39, 0.29) is 5.78 Å². The second-order valence-corrected chi connectivity index (χ2v) is 6.10. The topological polar surface area (TPSA) is 77.1 Å². The van der Waals surface area contributed by atoms with Crippen LogP contribution in [-0.4, -0.2) is 16.3 Å². The highest BCUT2D eigenvalue weighted by atomic mass is 127. The van der Waals surface area contributed by atoms with Crippen LogP contribution in [0.2, 0.25) is 0 Å². The van der Waals surface area contributed by atoms with Gasteiger partial charge in [0.05, 0.1) is 11.3 Å². The number of benzene rings is 1. The monoisotopic (exact) mass is 397 g/mol. The Morgan fingerprint density at radius 1 is 1.29 bits per heavy atom. The summed E-state index contributed by atoms with van der Waals surface area (Å²) in [5.41, 5.74) is 8.07. The highest BCUT2D eigenvalue weighted by molar-refractivity contribution is 14.1. The number of aromatic nitrogens is 1. The Morgan fingerprint density at radius 2 is 1.95 bits per heavy atom. The van der Waals surface area contributed by atoms with E-state index in [9.17, 15) is 9.59 Å². The van der Waals surface area contributed by atoms with Gasteiger partial charge in [0.25, 0.3) is 5.91 Å². The van der Waals surface area contributed by atoms with Crippen molar-refractivity contribution in [3.05, 3.63) is 44.7 Å². The minimum Gasteiger partial charge on any atom is -0.365 e. The first kappa shape index (κ1) is 15.6. The lowest BCUT2D eigenvalue weighted by Gasteiger charge is -2.13. The quantitative estimate of drug-likeness (QED) is 0.615. The van der Waals surface area contributed by atoms with E-state index >= 15 is 0 Å². The van der Waals surface area contributed by atoms with E-state index in [0.29, 0.717) is 17.1 Å². The number of aryl methyl sites for hydroxylation is 1. The smallest absolute Gasteiger partial charge is 0.252 e.